The van der Waals surface area contributed by atoms with Crippen molar-refractivity contribution in [3.05, 3.63) is 35.5 Å². The van der Waals surface area contributed by atoms with Crippen LogP contribution < -0.4 is 19.7 Å². The van der Waals surface area contributed by atoms with Gasteiger partial charge >= 0.3 is 0 Å². The monoisotopic (exact) mass is 388 g/mol. The van der Waals surface area contributed by atoms with Crippen LogP contribution in [0, 0.1) is 0 Å². The second-order valence-corrected chi connectivity index (χ2v) is 8.26. The standard InChI is InChI=1S/C21H29N3O4/c1-21(2,3)18-12-20(28-23-18)22-19(25)13-24-10-6-7-16(24)15-11-14(26-4)8-9-17(15)27-5/h8-9,11-12,16H,6-7,10,13H2,1-5H3,(H,22,25)/p+1/t16-/m0/s1. The normalized spacial score (nSPS) is 19.5. The molecule has 0 saturated carbocycles. The van der Waals surface area contributed by atoms with Gasteiger partial charge in [0.25, 0.3) is 5.91 Å². The molecule has 0 radical (unpaired) electrons. The van der Waals surface area contributed by atoms with E-state index in [1.54, 1.807) is 20.3 Å². The Morgan fingerprint density at radius 2 is 2.07 bits per heavy atom. The number of rotatable bonds is 6. The highest BCUT2D eigenvalue weighted by Gasteiger charge is 2.34. The number of aromatic nitrogens is 1. The molecule has 2 heterocycles. The van der Waals surface area contributed by atoms with Crippen LogP contribution in [0.15, 0.2) is 28.8 Å². The first-order valence-corrected chi connectivity index (χ1v) is 9.65. The van der Waals surface area contributed by atoms with Gasteiger partial charge in [-0.3, -0.25) is 10.1 Å². The zero-order chi connectivity index (χ0) is 20.3. The molecule has 1 aliphatic heterocycles. The van der Waals surface area contributed by atoms with E-state index in [0.29, 0.717) is 12.4 Å². The summed E-state index contributed by atoms with van der Waals surface area (Å²) in [5.41, 5.74) is 1.77. The quantitative estimate of drug-likeness (QED) is 0.794. The van der Waals surface area contributed by atoms with Crippen LogP contribution in [0.3, 0.4) is 0 Å². The molecule has 1 aliphatic rings. The van der Waals surface area contributed by atoms with Gasteiger partial charge in [0.15, 0.2) is 6.54 Å². The molecule has 1 aromatic carbocycles. The fraction of sp³-hybridized carbons (Fsp3) is 0.524. The molecule has 152 valence electrons. The van der Waals surface area contributed by atoms with Crippen molar-refractivity contribution in [3.8, 4) is 11.5 Å². The maximum Gasteiger partial charge on any atom is 0.281 e. The lowest BCUT2D eigenvalue weighted by Crippen LogP contribution is -3.11. The molecule has 0 aliphatic carbocycles. The number of hydrogen-bond acceptors (Lipinski definition) is 5. The third-order valence-electron chi connectivity index (χ3n) is 5.22. The fourth-order valence-electron chi connectivity index (χ4n) is 3.69. The first kappa shape index (κ1) is 20.2. The highest BCUT2D eigenvalue weighted by Crippen LogP contribution is 2.31. The summed E-state index contributed by atoms with van der Waals surface area (Å²) in [5.74, 6) is 1.93. The number of quaternary nitrogens is 1. The summed E-state index contributed by atoms with van der Waals surface area (Å²) < 4.78 is 16.2. The van der Waals surface area contributed by atoms with E-state index < -0.39 is 0 Å². The van der Waals surface area contributed by atoms with Crippen LogP contribution in [0.5, 0.6) is 11.5 Å². The van der Waals surface area contributed by atoms with E-state index in [1.807, 2.05) is 18.2 Å². The number of carbonyl (C=O) groups excluding carboxylic acids is 1. The van der Waals surface area contributed by atoms with Crippen LogP contribution in [0.1, 0.15) is 50.9 Å². The SMILES string of the molecule is COc1ccc(OC)c([C@@H]2CCC[NH+]2CC(=O)Nc2cc(C(C)(C)C)no2)c1. The Morgan fingerprint density at radius 1 is 1.29 bits per heavy atom. The van der Waals surface area contributed by atoms with E-state index in [0.717, 1.165) is 42.1 Å². The van der Waals surface area contributed by atoms with E-state index in [2.05, 4.69) is 31.2 Å². The average Bonchev–Trinajstić information content (AvgIpc) is 3.30. The Balaban J connectivity index is 1.70. The van der Waals surface area contributed by atoms with Crippen LogP contribution >= 0.6 is 0 Å². The van der Waals surface area contributed by atoms with Crippen LogP contribution in [-0.4, -0.2) is 38.4 Å². The number of anilines is 1. The summed E-state index contributed by atoms with van der Waals surface area (Å²) in [4.78, 5) is 13.8. The lowest BCUT2D eigenvalue weighted by Gasteiger charge is -2.23. The Morgan fingerprint density at radius 3 is 2.71 bits per heavy atom. The Labute approximate surface area is 166 Å². The van der Waals surface area contributed by atoms with Gasteiger partial charge in [0.1, 0.15) is 17.5 Å². The Kier molecular flexibility index (Phi) is 5.93. The molecule has 1 saturated heterocycles. The fourth-order valence-corrected chi connectivity index (χ4v) is 3.69. The van der Waals surface area contributed by atoms with Gasteiger partial charge in [-0.15, -0.1) is 0 Å². The van der Waals surface area contributed by atoms with Gasteiger partial charge in [-0.05, 0) is 18.2 Å². The first-order chi connectivity index (χ1) is 13.3. The van der Waals surface area contributed by atoms with Crippen molar-refractivity contribution in [1.29, 1.82) is 0 Å². The van der Waals surface area contributed by atoms with E-state index in [1.165, 1.54) is 4.90 Å². The van der Waals surface area contributed by atoms with Crippen LogP contribution in [0.2, 0.25) is 0 Å². The topological polar surface area (TPSA) is 78.0 Å². The number of benzene rings is 1. The summed E-state index contributed by atoms with van der Waals surface area (Å²) in [6.07, 6.45) is 2.06. The molecule has 1 unspecified atom stereocenters. The second kappa shape index (κ2) is 8.22. The number of hydrogen-bond donors (Lipinski definition) is 2. The summed E-state index contributed by atoms with van der Waals surface area (Å²) >= 11 is 0. The molecule has 1 fully saturated rings. The molecule has 7 heteroatoms. The molecule has 0 bridgehead atoms. The first-order valence-electron chi connectivity index (χ1n) is 9.65. The minimum absolute atomic E-state index is 0.0830. The summed E-state index contributed by atoms with van der Waals surface area (Å²) in [5, 5.41) is 6.89. The lowest BCUT2D eigenvalue weighted by atomic mass is 9.92. The minimum atomic E-state index is -0.124. The lowest BCUT2D eigenvalue weighted by molar-refractivity contribution is -0.910. The summed E-state index contributed by atoms with van der Waals surface area (Å²) in [6.45, 7) is 7.45. The molecule has 3 rings (SSSR count). The zero-order valence-electron chi connectivity index (χ0n) is 17.3. The highest BCUT2D eigenvalue weighted by molar-refractivity contribution is 5.90. The molecule has 1 amide bonds. The van der Waals surface area contributed by atoms with Crippen molar-refractivity contribution in [2.45, 2.75) is 45.1 Å². The van der Waals surface area contributed by atoms with Crippen LogP contribution in [0.4, 0.5) is 5.88 Å². The third-order valence-corrected chi connectivity index (χ3v) is 5.22. The van der Waals surface area contributed by atoms with Crippen LogP contribution in [0.25, 0.3) is 0 Å². The number of likely N-dealkylation sites (tertiary alicyclic amines) is 1. The van der Waals surface area contributed by atoms with Crippen molar-refractivity contribution in [2.24, 2.45) is 0 Å². The van der Waals surface area contributed by atoms with Gasteiger partial charge in [0.05, 0.1) is 32.0 Å². The van der Waals surface area contributed by atoms with E-state index in [4.69, 9.17) is 14.0 Å². The maximum absolute atomic E-state index is 12.6. The third kappa shape index (κ3) is 4.47. The van der Waals surface area contributed by atoms with Crippen molar-refractivity contribution in [1.82, 2.24) is 5.16 Å². The number of nitrogens with one attached hydrogen (secondary N) is 2. The van der Waals surface area contributed by atoms with Gasteiger partial charge in [-0.25, -0.2) is 0 Å². The molecular weight excluding hydrogens is 358 g/mol. The smallest absolute Gasteiger partial charge is 0.281 e. The summed E-state index contributed by atoms with van der Waals surface area (Å²) in [7, 11) is 3.32. The van der Waals surface area contributed by atoms with E-state index in [9.17, 15) is 4.79 Å². The van der Waals surface area contributed by atoms with Crippen molar-refractivity contribution >= 4 is 11.8 Å². The van der Waals surface area contributed by atoms with E-state index >= 15 is 0 Å². The van der Waals surface area contributed by atoms with E-state index in [-0.39, 0.29) is 17.4 Å². The predicted molar refractivity (Wildman–Crippen MR) is 106 cm³/mol. The van der Waals surface area contributed by atoms with Crippen LogP contribution in [-0.2, 0) is 10.2 Å². The van der Waals surface area contributed by atoms with Gasteiger partial charge in [-0.2, -0.15) is 0 Å². The Hall–Kier alpha value is -2.54. The van der Waals surface area contributed by atoms with Gasteiger partial charge in [0.2, 0.25) is 5.88 Å². The highest BCUT2D eigenvalue weighted by atomic mass is 16.5. The number of carbonyl (C=O) groups is 1. The number of nitrogens with zero attached hydrogens (tertiary/aromatic N) is 1. The molecule has 7 nitrogen and oxygen atoms in total. The van der Waals surface area contributed by atoms with Gasteiger partial charge in [-0.1, -0.05) is 25.9 Å². The van der Waals surface area contributed by atoms with Crippen molar-refractivity contribution in [3.63, 3.8) is 0 Å². The van der Waals surface area contributed by atoms with Gasteiger partial charge < -0.3 is 18.9 Å². The predicted octanol–water partition coefficient (Wildman–Crippen LogP) is 2.35. The zero-order valence-corrected chi connectivity index (χ0v) is 17.3. The van der Waals surface area contributed by atoms with Crippen molar-refractivity contribution < 1.29 is 23.7 Å². The molecule has 2 N–H and O–H groups in total. The minimum Gasteiger partial charge on any atom is -0.497 e. The number of amides is 1. The molecule has 2 aromatic rings. The van der Waals surface area contributed by atoms with Crippen molar-refractivity contribution in [2.75, 3.05) is 32.6 Å². The number of ether oxygens (including phenoxy) is 2. The maximum atomic E-state index is 12.6. The molecule has 2 atom stereocenters. The molecular formula is C21H30N3O4+. The van der Waals surface area contributed by atoms with Gasteiger partial charge in [0, 0.05) is 24.3 Å². The molecule has 28 heavy (non-hydrogen) atoms. The average molecular weight is 388 g/mol. The summed E-state index contributed by atoms with van der Waals surface area (Å²) in [6, 6.07) is 7.81. The Bertz CT molecular complexity index is 825. The molecule has 0 spiro atoms. The molecule has 1 aromatic heterocycles. The number of methoxy groups -OCH3 is 2. The largest absolute Gasteiger partial charge is 0.497 e. The second-order valence-electron chi connectivity index (χ2n) is 8.26.